The number of nitrogens with zero attached hydrogens (tertiary/aromatic N) is 1. The summed E-state index contributed by atoms with van der Waals surface area (Å²) < 4.78 is 13.6. The highest BCUT2D eigenvalue weighted by Gasteiger charge is 2.15. The lowest BCUT2D eigenvalue weighted by Gasteiger charge is -2.17. The van der Waals surface area contributed by atoms with Crippen LogP contribution in [-0.2, 0) is 11.2 Å². The van der Waals surface area contributed by atoms with Crippen molar-refractivity contribution in [2.45, 2.75) is 19.3 Å². The molecule has 0 atom stereocenters. The molecule has 6 heteroatoms. The fourth-order valence-corrected chi connectivity index (χ4v) is 3.25. The van der Waals surface area contributed by atoms with E-state index in [2.05, 4.69) is 10.2 Å². The Bertz CT molecular complexity index is 487. The van der Waals surface area contributed by atoms with Crippen LogP contribution in [0.1, 0.15) is 18.4 Å². The molecule has 2 rings (SSSR count). The third kappa shape index (κ3) is 5.63. The van der Waals surface area contributed by atoms with Gasteiger partial charge in [0.25, 0.3) is 0 Å². The molecule has 1 amide bonds. The number of thiocarbonyl (C=S) groups is 1. The molecule has 0 bridgehead atoms. The molecule has 1 aliphatic rings. The lowest BCUT2D eigenvalue weighted by Crippen LogP contribution is -2.30. The molecule has 0 aromatic heterocycles. The van der Waals surface area contributed by atoms with Crippen LogP contribution in [-0.4, -0.2) is 40.5 Å². The van der Waals surface area contributed by atoms with E-state index in [1.54, 1.807) is 12.1 Å². The largest absolute Gasteiger partial charge is 0.358 e. The minimum absolute atomic E-state index is 0.0105. The Labute approximate surface area is 134 Å². The van der Waals surface area contributed by atoms with Crippen LogP contribution in [0.3, 0.4) is 0 Å². The van der Waals surface area contributed by atoms with Crippen LogP contribution >= 0.6 is 24.0 Å². The SMILES string of the molecule is O=C(CSC(=S)N1CCCC1)NCCc1ccc(F)cc1. The van der Waals surface area contributed by atoms with E-state index in [-0.39, 0.29) is 11.7 Å². The van der Waals surface area contributed by atoms with Crippen molar-refractivity contribution in [3.63, 3.8) is 0 Å². The number of carbonyl (C=O) groups is 1. The van der Waals surface area contributed by atoms with Gasteiger partial charge in [-0.15, -0.1) is 0 Å². The molecule has 1 saturated heterocycles. The van der Waals surface area contributed by atoms with Crippen molar-refractivity contribution < 1.29 is 9.18 Å². The zero-order valence-electron chi connectivity index (χ0n) is 11.8. The molecule has 0 saturated carbocycles. The molecule has 0 radical (unpaired) electrons. The lowest BCUT2D eigenvalue weighted by molar-refractivity contribution is -0.118. The number of hydrogen-bond donors (Lipinski definition) is 1. The zero-order valence-corrected chi connectivity index (χ0v) is 13.4. The smallest absolute Gasteiger partial charge is 0.230 e. The zero-order chi connectivity index (χ0) is 15.1. The van der Waals surface area contributed by atoms with E-state index in [0.717, 1.165) is 23.0 Å². The maximum atomic E-state index is 12.8. The van der Waals surface area contributed by atoms with E-state index in [4.69, 9.17) is 12.2 Å². The van der Waals surface area contributed by atoms with Crippen LogP contribution in [0.2, 0.25) is 0 Å². The summed E-state index contributed by atoms with van der Waals surface area (Å²) in [6.07, 6.45) is 3.07. The first-order chi connectivity index (χ1) is 10.1. The summed E-state index contributed by atoms with van der Waals surface area (Å²) in [5.74, 6) is 0.108. The van der Waals surface area contributed by atoms with Gasteiger partial charge in [-0.05, 0) is 37.0 Å². The highest BCUT2D eigenvalue weighted by Crippen LogP contribution is 2.15. The molecule has 114 valence electrons. The summed E-state index contributed by atoms with van der Waals surface area (Å²) in [6.45, 7) is 2.58. The van der Waals surface area contributed by atoms with Gasteiger partial charge in [-0.3, -0.25) is 4.79 Å². The van der Waals surface area contributed by atoms with Crippen LogP contribution in [0.25, 0.3) is 0 Å². The average Bonchev–Trinajstić information content (AvgIpc) is 3.01. The predicted octanol–water partition coefficient (Wildman–Crippen LogP) is 2.60. The summed E-state index contributed by atoms with van der Waals surface area (Å²) in [4.78, 5) is 13.9. The summed E-state index contributed by atoms with van der Waals surface area (Å²) in [5.41, 5.74) is 1.01. The molecule has 1 N–H and O–H groups in total. The van der Waals surface area contributed by atoms with Crippen molar-refractivity contribution in [3.05, 3.63) is 35.6 Å². The number of hydrogen-bond acceptors (Lipinski definition) is 3. The summed E-state index contributed by atoms with van der Waals surface area (Å²) in [6, 6.07) is 6.33. The summed E-state index contributed by atoms with van der Waals surface area (Å²) in [7, 11) is 0. The highest BCUT2D eigenvalue weighted by atomic mass is 32.2. The van der Waals surface area contributed by atoms with Gasteiger partial charge in [0.1, 0.15) is 10.1 Å². The van der Waals surface area contributed by atoms with Gasteiger partial charge in [-0.1, -0.05) is 36.1 Å². The van der Waals surface area contributed by atoms with Crippen LogP contribution < -0.4 is 5.32 Å². The number of thioether (sulfide) groups is 1. The molecule has 1 aliphatic heterocycles. The number of benzene rings is 1. The van der Waals surface area contributed by atoms with Gasteiger partial charge in [-0.2, -0.15) is 0 Å². The predicted molar refractivity (Wildman–Crippen MR) is 89.0 cm³/mol. The molecule has 1 aromatic carbocycles. The molecule has 0 spiro atoms. The standard InChI is InChI=1S/C15H19FN2OS2/c16-13-5-3-12(4-6-13)7-8-17-14(19)11-21-15(20)18-9-1-2-10-18/h3-6H,1-2,7-11H2,(H,17,19). The van der Waals surface area contributed by atoms with Crippen molar-refractivity contribution in [2.24, 2.45) is 0 Å². The third-order valence-electron chi connectivity index (χ3n) is 3.34. The molecule has 3 nitrogen and oxygen atoms in total. The number of rotatable bonds is 5. The first-order valence-electron chi connectivity index (χ1n) is 7.08. The highest BCUT2D eigenvalue weighted by molar-refractivity contribution is 8.23. The lowest BCUT2D eigenvalue weighted by atomic mass is 10.1. The fraction of sp³-hybridized carbons (Fsp3) is 0.467. The van der Waals surface area contributed by atoms with E-state index >= 15 is 0 Å². The van der Waals surface area contributed by atoms with E-state index in [1.807, 2.05) is 0 Å². The molecule has 0 unspecified atom stereocenters. The second kappa shape index (κ2) is 8.34. The molecule has 1 aromatic rings. The van der Waals surface area contributed by atoms with Gasteiger partial charge in [0.2, 0.25) is 5.91 Å². The third-order valence-corrected chi connectivity index (χ3v) is 4.86. The Kier molecular flexibility index (Phi) is 6.45. The Hall–Kier alpha value is -1.14. The van der Waals surface area contributed by atoms with Crippen LogP contribution in [0.4, 0.5) is 4.39 Å². The number of amides is 1. The Morgan fingerprint density at radius 2 is 1.95 bits per heavy atom. The van der Waals surface area contributed by atoms with E-state index in [0.29, 0.717) is 18.7 Å². The number of carbonyl (C=O) groups excluding carboxylic acids is 1. The van der Waals surface area contributed by atoms with Gasteiger partial charge in [0.05, 0.1) is 5.75 Å². The monoisotopic (exact) mass is 326 g/mol. The van der Waals surface area contributed by atoms with Crippen molar-refractivity contribution >= 4 is 34.2 Å². The summed E-state index contributed by atoms with van der Waals surface area (Å²) in [5, 5.41) is 2.86. The molecular weight excluding hydrogens is 307 g/mol. The number of halogens is 1. The van der Waals surface area contributed by atoms with Gasteiger partial charge < -0.3 is 10.2 Å². The van der Waals surface area contributed by atoms with Gasteiger partial charge in [0, 0.05) is 19.6 Å². The Morgan fingerprint density at radius 1 is 1.29 bits per heavy atom. The van der Waals surface area contributed by atoms with Crippen LogP contribution in [0, 0.1) is 5.82 Å². The van der Waals surface area contributed by atoms with Crippen molar-refractivity contribution in [2.75, 3.05) is 25.4 Å². The molecule has 1 fully saturated rings. The minimum atomic E-state index is -0.241. The van der Waals surface area contributed by atoms with Crippen molar-refractivity contribution in [1.82, 2.24) is 10.2 Å². The number of nitrogens with one attached hydrogen (secondary N) is 1. The molecule has 0 aliphatic carbocycles. The molecular formula is C15H19FN2OS2. The maximum Gasteiger partial charge on any atom is 0.230 e. The fourth-order valence-electron chi connectivity index (χ4n) is 2.17. The normalized spacial score (nSPS) is 14.2. The molecule has 21 heavy (non-hydrogen) atoms. The first-order valence-corrected chi connectivity index (χ1v) is 8.47. The van der Waals surface area contributed by atoms with Gasteiger partial charge in [0.15, 0.2) is 0 Å². The van der Waals surface area contributed by atoms with E-state index < -0.39 is 0 Å². The van der Waals surface area contributed by atoms with Crippen LogP contribution in [0.5, 0.6) is 0 Å². The van der Waals surface area contributed by atoms with E-state index in [9.17, 15) is 9.18 Å². The van der Waals surface area contributed by atoms with Crippen LogP contribution in [0.15, 0.2) is 24.3 Å². The minimum Gasteiger partial charge on any atom is -0.358 e. The maximum absolute atomic E-state index is 12.8. The average molecular weight is 326 g/mol. The van der Waals surface area contributed by atoms with Gasteiger partial charge >= 0.3 is 0 Å². The van der Waals surface area contributed by atoms with E-state index in [1.165, 1.54) is 36.7 Å². The Morgan fingerprint density at radius 3 is 2.62 bits per heavy atom. The first kappa shape index (κ1) is 16.2. The van der Waals surface area contributed by atoms with Gasteiger partial charge in [-0.25, -0.2) is 4.39 Å². The Balaban J connectivity index is 1.61. The second-order valence-corrected chi connectivity index (χ2v) is 6.58. The number of likely N-dealkylation sites (tertiary alicyclic amines) is 1. The van der Waals surface area contributed by atoms with Crippen molar-refractivity contribution in [3.8, 4) is 0 Å². The summed E-state index contributed by atoms with van der Waals surface area (Å²) >= 11 is 6.73. The van der Waals surface area contributed by atoms with Crippen molar-refractivity contribution in [1.29, 1.82) is 0 Å². The second-order valence-electron chi connectivity index (χ2n) is 4.98. The quantitative estimate of drug-likeness (QED) is 0.843. The topological polar surface area (TPSA) is 32.3 Å². The molecule has 1 heterocycles.